The number of likely N-dealkylation sites (N-methyl/N-ethyl adjacent to an activating group) is 1. The first-order valence-electron chi connectivity index (χ1n) is 6.70. The van der Waals surface area contributed by atoms with E-state index in [2.05, 4.69) is 16.8 Å². The average molecular weight is 281 g/mol. The number of halogens is 1. The number of carbonyl (C=O) groups is 1. The van der Waals surface area contributed by atoms with E-state index < -0.39 is 0 Å². The lowest BCUT2D eigenvalue weighted by Crippen LogP contribution is -2.31. The Morgan fingerprint density at radius 1 is 1.42 bits per heavy atom. The number of carbonyl (C=O) groups excluding carboxylic acids is 1. The van der Waals surface area contributed by atoms with Crippen molar-refractivity contribution in [2.45, 2.75) is 6.42 Å². The Balaban J connectivity index is 1.83. The van der Waals surface area contributed by atoms with Gasteiger partial charge in [-0.2, -0.15) is 0 Å². The number of nitrogens with zero attached hydrogens (tertiary/aromatic N) is 2. The summed E-state index contributed by atoms with van der Waals surface area (Å²) in [4.78, 5) is 16.6. The lowest BCUT2D eigenvalue weighted by molar-refractivity contribution is 0.0938. The first-order chi connectivity index (χ1) is 9.04. The van der Waals surface area contributed by atoms with E-state index in [4.69, 9.17) is 11.6 Å². The Kier molecular flexibility index (Phi) is 4.97. The van der Waals surface area contributed by atoms with Gasteiger partial charge in [-0.1, -0.05) is 11.6 Å². The summed E-state index contributed by atoms with van der Waals surface area (Å²) in [6.45, 7) is 3.77. The normalized spacial score (nSPS) is 20.1. The van der Waals surface area contributed by atoms with Crippen LogP contribution >= 0.6 is 11.6 Å². The second-order valence-corrected chi connectivity index (χ2v) is 5.98. The second-order valence-electron chi connectivity index (χ2n) is 5.54. The van der Waals surface area contributed by atoms with Crippen LogP contribution in [0.5, 0.6) is 0 Å². The third kappa shape index (κ3) is 4.30. The Labute approximate surface area is 120 Å². The van der Waals surface area contributed by atoms with Gasteiger partial charge < -0.3 is 4.90 Å². The zero-order chi connectivity index (χ0) is 13.8. The Morgan fingerprint density at radius 3 is 2.68 bits per heavy atom. The van der Waals surface area contributed by atoms with Crippen LogP contribution in [0.2, 0.25) is 5.02 Å². The monoisotopic (exact) mass is 280 g/mol. The van der Waals surface area contributed by atoms with Crippen LogP contribution in [0.1, 0.15) is 16.8 Å². The van der Waals surface area contributed by atoms with E-state index in [1.54, 1.807) is 24.3 Å². The van der Waals surface area contributed by atoms with Crippen molar-refractivity contribution in [3.8, 4) is 0 Å². The van der Waals surface area contributed by atoms with Crippen LogP contribution in [-0.2, 0) is 0 Å². The quantitative estimate of drug-likeness (QED) is 0.774. The maximum Gasteiger partial charge on any atom is 0.176 e. The smallest absolute Gasteiger partial charge is 0.176 e. The van der Waals surface area contributed by atoms with Gasteiger partial charge in [0.1, 0.15) is 0 Å². The maximum absolute atomic E-state index is 12.1. The van der Waals surface area contributed by atoms with E-state index in [1.807, 2.05) is 7.05 Å². The minimum Gasteiger partial charge on any atom is -0.306 e. The molecule has 3 nitrogen and oxygen atoms in total. The van der Waals surface area contributed by atoms with E-state index in [-0.39, 0.29) is 5.78 Å². The molecule has 1 aliphatic heterocycles. The molecular formula is C15H21ClN2O. The summed E-state index contributed by atoms with van der Waals surface area (Å²) in [6, 6.07) is 7.12. The van der Waals surface area contributed by atoms with Crippen LogP contribution in [0, 0.1) is 5.92 Å². The van der Waals surface area contributed by atoms with E-state index in [1.165, 1.54) is 13.0 Å². The van der Waals surface area contributed by atoms with Crippen molar-refractivity contribution in [2.24, 2.45) is 5.92 Å². The molecule has 0 spiro atoms. The number of hydrogen-bond acceptors (Lipinski definition) is 3. The topological polar surface area (TPSA) is 23.6 Å². The number of benzene rings is 1. The van der Waals surface area contributed by atoms with Crippen molar-refractivity contribution < 1.29 is 4.79 Å². The van der Waals surface area contributed by atoms with Gasteiger partial charge in [-0.25, -0.2) is 0 Å². The summed E-state index contributed by atoms with van der Waals surface area (Å²) in [5.41, 5.74) is 0.736. The predicted molar refractivity (Wildman–Crippen MR) is 78.9 cm³/mol. The molecular weight excluding hydrogens is 260 g/mol. The Bertz CT molecular complexity index is 432. The molecule has 0 N–H and O–H groups in total. The van der Waals surface area contributed by atoms with E-state index in [0.717, 1.165) is 18.7 Å². The molecule has 104 valence electrons. The third-order valence-electron chi connectivity index (χ3n) is 3.64. The zero-order valence-corrected chi connectivity index (χ0v) is 12.4. The Morgan fingerprint density at radius 2 is 2.11 bits per heavy atom. The summed E-state index contributed by atoms with van der Waals surface area (Å²) >= 11 is 5.82. The second kappa shape index (κ2) is 6.51. The van der Waals surface area contributed by atoms with Gasteiger partial charge in [-0.3, -0.25) is 9.69 Å². The summed E-state index contributed by atoms with van der Waals surface area (Å²) in [5.74, 6) is 0.846. The van der Waals surface area contributed by atoms with Gasteiger partial charge in [0.25, 0.3) is 0 Å². The summed E-state index contributed by atoms with van der Waals surface area (Å²) in [5, 5.41) is 0.666. The molecule has 0 aromatic heterocycles. The molecule has 0 radical (unpaired) electrons. The summed E-state index contributed by atoms with van der Waals surface area (Å²) < 4.78 is 0. The molecule has 0 amide bonds. The van der Waals surface area contributed by atoms with Gasteiger partial charge in [0, 0.05) is 23.7 Å². The zero-order valence-electron chi connectivity index (χ0n) is 11.6. The first kappa shape index (κ1) is 14.5. The largest absolute Gasteiger partial charge is 0.306 e. The van der Waals surface area contributed by atoms with E-state index >= 15 is 0 Å². The van der Waals surface area contributed by atoms with Gasteiger partial charge in [-0.05, 0) is 57.2 Å². The summed E-state index contributed by atoms with van der Waals surface area (Å²) in [6.07, 6.45) is 1.23. The van der Waals surface area contributed by atoms with E-state index in [9.17, 15) is 4.79 Å². The molecule has 1 heterocycles. The van der Waals surface area contributed by atoms with Gasteiger partial charge in [0.15, 0.2) is 5.78 Å². The molecule has 1 fully saturated rings. The number of likely N-dealkylation sites (tertiary alicyclic amines) is 1. The van der Waals surface area contributed by atoms with Gasteiger partial charge in [0.05, 0.1) is 6.54 Å². The maximum atomic E-state index is 12.1. The highest BCUT2D eigenvalue weighted by molar-refractivity contribution is 6.30. The van der Waals surface area contributed by atoms with Crippen LogP contribution in [0.25, 0.3) is 0 Å². The number of hydrogen-bond donors (Lipinski definition) is 0. The molecule has 1 aromatic rings. The van der Waals surface area contributed by atoms with Gasteiger partial charge in [0.2, 0.25) is 0 Å². The predicted octanol–water partition coefficient (Wildman–Crippen LogP) is 2.41. The lowest BCUT2D eigenvalue weighted by Gasteiger charge is -2.20. The number of rotatable bonds is 5. The minimum atomic E-state index is 0.158. The highest BCUT2D eigenvalue weighted by atomic mass is 35.5. The molecule has 1 saturated heterocycles. The third-order valence-corrected chi connectivity index (χ3v) is 3.89. The molecule has 0 saturated carbocycles. The minimum absolute atomic E-state index is 0.158. The number of ketones is 1. The average Bonchev–Trinajstić information content (AvgIpc) is 2.75. The molecule has 19 heavy (non-hydrogen) atoms. The van der Waals surface area contributed by atoms with E-state index in [0.29, 0.717) is 17.5 Å². The van der Waals surface area contributed by atoms with Crippen molar-refractivity contribution in [2.75, 3.05) is 40.3 Å². The molecule has 1 aromatic carbocycles. The fourth-order valence-electron chi connectivity index (χ4n) is 2.65. The summed E-state index contributed by atoms with van der Waals surface area (Å²) in [7, 11) is 4.17. The molecule has 4 heteroatoms. The number of Topliss-reactive ketones (excluding diaryl/α,β-unsaturated/α-hetero) is 1. The van der Waals surface area contributed by atoms with Crippen LogP contribution in [0.15, 0.2) is 24.3 Å². The molecule has 1 unspecified atom stereocenters. The molecule has 2 rings (SSSR count). The van der Waals surface area contributed by atoms with Gasteiger partial charge >= 0.3 is 0 Å². The fourth-order valence-corrected chi connectivity index (χ4v) is 2.78. The van der Waals surface area contributed by atoms with Crippen LogP contribution in [0.3, 0.4) is 0 Å². The molecule has 1 atom stereocenters. The van der Waals surface area contributed by atoms with Crippen LogP contribution in [-0.4, -0.2) is 55.9 Å². The van der Waals surface area contributed by atoms with Crippen LogP contribution in [0.4, 0.5) is 0 Å². The highest BCUT2D eigenvalue weighted by Crippen LogP contribution is 2.15. The van der Waals surface area contributed by atoms with Crippen molar-refractivity contribution in [3.05, 3.63) is 34.9 Å². The standard InChI is InChI=1S/C15H21ClN2O/c1-17-8-7-12(9-17)10-18(2)11-15(19)13-3-5-14(16)6-4-13/h3-6,12H,7-11H2,1-2H3. The van der Waals surface area contributed by atoms with Crippen molar-refractivity contribution in [1.29, 1.82) is 0 Å². The van der Waals surface area contributed by atoms with Crippen molar-refractivity contribution >= 4 is 17.4 Å². The molecule has 0 aliphatic carbocycles. The molecule has 1 aliphatic rings. The van der Waals surface area contributed by atoms with Crippen molar-refractivity contribution in [1.82, 2.24) is 9.80 Å². The molecule has 0 bridgehead atoms. The van der Waals surface area contributed by atoms with Crippen molar-refractivity contribution in [3.63, 3.8) is 0 Å². The fraction of sp³-hybridized carbons (Fsp3) is 0.533. The Hall–Kier alpha value is -0.900. The lowest BCUT2D eigenvalue weighted by atomic mass is 10.1. The van der Waals surface area contributed by atoms with Crippen LogP contribution < -0.4 is 0 Å². The highest BCUT2D eigenvalue weighted by Gasteiger charge is 2.21. The van der Waals surface area contributed by atoms with Gasteiger partial charge in [-0.15, -0.1) is 0 Å². The first-order valence-corrected chi connectivity index (χ1v) is 7.08. The SMILES string of the molecule is CN1CCC(CN(C)CC(=O)c2ccc(Cl)cc2)C1.